The van der Waals surface area contributed by atoms with E-state index in [0.29, 0.717) is 17.9 Å². The number of guanidine groups is 1. The van der Waals surface area contributed by atoms with Crippen LogP contribution in [0.4, 0.5) is 0 Å². The summed E-state index contributed by atoms with van der Waals surface area (Å²) in [5.74, 6) is 2.17. The zero-order valence-electron chi connectivity index (χ0n) is 15.7. The number of likely N-dealkylation sites (tertiary alicyclic amines) is 1. The third kappa shape index (κ3) is 5.23. The van der Waals surface area contributed by atoms with Gasteiger partial charge in [0.05, 0.1) is 6.10 Å². The Bertz CT molecular complexity index is 501. The second kappa shape index (κ2) is 9.67. The quantitative estimate of drug-likeness (QED) is 0.614. The molecule has 4 heteroatoms. The van der Waals surface area contributed by atoms with Gasteiger partial charge in [-0.25, -0.2) is 0 Å². The minimum atomic E-state index is 0.316. The number of benzene rings is 1. The summed E-state index contributed by atoms with van der Waals surface area (Å²) in [5, 5.41) is 3.52. The van der Waals surface area contributed by atoms with Gasteiger partial charge in [0.1, 0.15) is 0 Å². The predicted octanol–water partition coefficient (Wildman–Crippen LogP) is 3.50. The number of nitrogens with one attached hydrogen (secondary N) is 1. The summed E-state index contributed by atoms with van der Waals surface area (Å²) in [6.45, 7) is 10.3. The molecule has 1 fully saturated rings. The fraction of sp³-hybridized carbons (Fsp3) is 0.650. The molecule has 4 nitrogen and oxygen atoms in total. The monoisotopic (exact) mass is 331 g/mol. The van der Waals surface area contributed by atoms with Crippen molar-refractivity contribution in [1.29, 1.82) is 0 Å². The van der Waals surface area contributed by atoms with Crippen molar-refractivity contribution in [2.45, 2.75) is 45.6 Å². The third-order valence-electron chi connectivity index (χ3n) is 4.81. The topological polar surface area (TPSA) is 36.9 Å². The van der Waals surface area contributed by atoms with E-state index >= 15 is 0 Å². The molecule has 0 spiro atoms. The second-order valence-electron chi connectivity index (χ2n) is 6.84. The maximum absolute atomic E-state index is 5.83. The van der Waals surface area contributed by atoms with E-state index in [4.69, 9.17) is 4.74 Å². The van der Waals surface area contributed by atoms with Crippen molar-refractivity contribution >= 4 is 5.96 Å². The molecule has 0 aliphatic carbocycles. The summed E-state index contributed by atoms with van der Waals surface area (Å²) in [7, 11) is 1.88. The van der Waals surface area contributed by atoms with Crippen molar-refractivity contribution in [1.82, 2.24) is 10.2 Å². The SMILES string of the molecule is CCOC(CCNC(=NC)N1CCC(c2ccccc2)C1)C(C)C. The molecule has 2 rings (SSSR count). The largest absolute Gasteiger partial charge is 0.378 e. The van der Waals surface area contributed by atoms with Crippen LogP contribution in [0, 0.1) is 5.92 Å². The Morgan fingerprint density at radius 1 is 1.33 bits per heavy atom. The Balaban J connectivity index is 1.82. The van der Waals surface area contributed by atoms with Crippen molar-refractivity contribution < 1.29 is 4.74 Å². The van der Waals surface area contributed by atoms with E-state index in [2.05, 4.69) is 66.3 Å². The van der Waals surface area contributed by atoms with Gasteiger partial charge >= 0.3 is 0 Å². The highest BCUT2D eigenvalue weighted by Gasteiger charge is 2.26. The van der Waals surface area contributed by atoms with E-state index in [9.17, 15) is 0 Å². The summed E-state index contributed by atoms with van der Waals surface area (Å²) in [4.78, 5) is 6.85. The first-order valence-electron chi connectivity index (χ1n) is 9.27. The highest BCUT2D eigenvalue weighted by atomic mass is 16.5. The Labute approximate surface area is 147 Å². The van der Waals surface area contributed by atoms with E-state index < -0.39 is 0 Å². The summed E-state index contributed by atoms with van der Waals surface area (Å²) < 4.78 is 5.83. The molecular weight excluding hydrogens is 298 g/mol. The Kier molecular flexibility index (Phi) is 7.57. The minimum absolute atomic E-state index is 0.316. The fourth-order valence-corrected chi connectivity index (χ4v) is 3.43. The number of hydrogen-bond acceptors (Lipinski definition) is 2. The van der Waals surface area contributed by atoms with E-state index in [1.54, 1.807) is 0 Å². The number of ether oxygens (including phenoxy) is 1. The average molecular weight is 332 g/mol. The second-order valence-corrected chi connectivity index (χ2v) is 6.84. The van der Waals surface area contributed by atoms with Gasteiger partial charge in [-0.2, -0.15) is 0 Å². The van der Waals surface area contributed by atoms with Crippen LogP contribution in [0.2, 0.25) is 0 Å². The molecular formula is C20H33N3O. The summed E-state index contributed by atoms with van der Waals surface area (Å²) in [6, 6.07) is 10.8. The lowest BCUT2D eigenvalue weighted by molar-refractivity contribution is 0.0257. The lowest BCUT2D eigenvalue weighted by Gasteiger charge is -2.24. The maximum atomic E-state index is 5.83. The normalized spacial score (nSPS) is 19.8. The summed E-state index contributed by atoms with van der Waals surface area (Å²) in [5.41, 5.74) is 1.44. The van der Waals surface area contributed by atoms with E-state index in [1.807, 2.05) is 7.05 Å². The van der Waals surface area contributed by atoms with Gasteiger partial charge in [0.25, 0.3) is 0 Å². The molecule has 24 heavy (non-hydrogen) atoms. The number of aliphatic imine (C=N–C) groups is 1. The standard InChI is InChI=1S/C20H33N3O/c1-5-24-19(16(2)3)11-13-22-20(21-4)23-14-12-18(15-23)17-9-7-6-8-10-17/h6-10,16,18-19H,5,11-15H2,1-4H3,(H,21,22). The van der Waals surface area contributed by atoms with Crippen molar-refractivity contribution in [3.05, 3.63) is 35.9 Å². The molecule has 0 aromatic heterocycles. The van der Waals surface area contributed by atoms with Crippen LogP contribution in [0.5, 0.6) is 0 Å². The van der Waals surface area contributed by atoms with Crippen LogP contribution < -0.4 is 5.32 Å². The first-order chi connectivity index (χ1) is 11.7. The van der Waals surface area contributed by atoms with Gasteiger partial charge in [-0.3, -0.25) is 4.99 Å². The Hall–Kier alpha value is -1.55. The van der Waals surface area contributed by atoms with Gasteiger partial charge in [0.15, 0.2) is 5.96 Å². The first-order valence-corrected chi connectivity index (χ1v) is 9.27. The van der Waals surface area contributed by atoms with Crippen LogP contribution in [-0.2, 0) is 4.74 Å². The first kappa shape index (κ1) is 18.8. The number of hydrogen-bond donors (Lipinski definition) is 1. The summed E-state index contributed by atoms with van der Waals surface area (Å²) >= 11 is 0. The Morgan fingerprint density at radius 3 is 2.71 bits per heavy atom. The molecule has 1 aromatic rings. The van der Waals surface area contributed by atoms with Gasteiger partial charge < -0.3 is 15.0 Å². The van der Waals surface area contributed by atoms with Crippen LogP contribution in [-0.4, -0.2) is 50.3 Å². The molecule has 1 N–H and O–H groups in total. The van der Waals surface area contributed by atoms with Crippen LogP contribution in [0.3, 0.4) is 0 Å². The molecule has 0 saturated carbocycles. The highest BCUT2D eigenvalue weighted by Crippen LogP contribution is 2.26. The molecule has 0 bridgehead atoms. The van der Waals surface area contributed by atoms with Crippen molar-refractivity contribution in [2.24, 2.45) is 10.9 Å². The van der Waals surface area contributed by atoms with Crippen LogP contribution in [0.25, 0.3) is 0 Å². The number of rotatable bonds is 7. The van der Waals surface area contributed by atoms with Crippen LogP contribution in [0.1, 0.15) is 45.1 Å². The zero-order chi connectivity index (χ0) is 17.4. The highest BCUT2D eigenvalue weighted by molar-refractivity contribution is 5.80. The lowest BCUT2D eigenvalue weighted by Crippen LogP contribution is -2.41. The molecule has 2 atom stereocenters. The lowest BCUT2D eigenvalue weighted by atomic mass is 9.99. The smallest absolute Gasteiger partial charge is 0.193 e. The van der Waals surface area contributed by atoms with Gasteiger partial charge in [0, 0.05) is 39.2 Å². The van der Waals surface area contributed by atoms with E-state index in [1.165, 1.54) is 12.0 Å². The summed E-state index contributed by atoms with van der Waals surface area (Å²) in [6.07, 6.45) is 2.52. The Morgan fingerprint density at radius 2 is 2.08 bits per heavy atom. The zero-order valence-corrected chi connectivity index (χ0v) is 15.7. The van der Waals surface area contributed by atoms with E-state index in [-0.39, 0.29) is 0 Å². The fourth-order valence-electron chi connectivity index (χ4n) is 3.43. The average Bonchev–Trinajstić information content (AvgIpc) is 3.08. The van der Waals surface area contributed by atoms with Gasteiger partial charge in [-0.05, 0) is 31.2 Å². The molecule has 0 radical (unpaired) electrons. The van der Waals surface area contributed by atoms with Crippen molar-refractivity contribution in [2.75, 3.05) is 33.3 Å². The molecule has 0 amide bonds. The van der Waals surface area contributed by atoms with Crippen LogP contribution in [0.15, 0.2) is 35.3 Å². The molecule has 134 valence electrons. The molecule has 1 aliphatic rings. The van der Waals surface area contributed by atoms with Gasteiger partial charge in [0.2, 0.25) is 0 Å². The van der Waals surface area contributed by atoms with Crippen LogP contribution >= 0.6 is 0 Å². The van der Waals surface area contributed by atoms with Gasteiger partial charge in [-0.1, -0.05) is 44.2 Å². The third-order valence-corrected chi connectivity index (χ3v) is 4.81. The van der Waals surface area contributed by atoms with Crippen molar-refractivity contribution in [3.8, 4) is 0 Å². The molecule has 1 aromatic carbocycles. The van der Waals surface area contributed by atoms with Gasteiger partial charge in [-0.15, -0.1) is 0 Å². The molecule has 2 unspecified atom stereocenters. The molecule has 1 saturated heterocycles. The van der Waals surface area contributed by atoms with E-state index in [0.717, 1.165) is 38.6 Å². The molecule has 1 heterocycles. The predicted molar refractivity (Wildman–Crippen MR) is 102 cm³/mol. The number of nitrogens with zero attached hydrogens (tertiary/aromatic N) is 2. The maximum Gasteiger partial charge on any atom is 0.193 e. The minimum Gasteiger partial charge on any atom is -0.378 e. The van der Waals surface area contributed by atoms with Crippen molar-refractivity contribution in [3.63, 3.8) is 0 Å². The molecule has 1 aliphatic heterocycles.